The first kappa shape index (κ1) is 17.6. The lowest BCUT2D eigenvalue weighted by molar-refractivity contribution is -0.141. The van der Waals surface area contributed by atoms with Gasteiger partial charge in [-0.15, -0.1) is 0 Å². The molecule has 1 amide bonds. The van der Waals surface area contributed by atoms with Gasteiger partial charge in [0.1, 0.15) is 12.4 Å². The molecule has 0 atom stereocenters. The fourth-order valence-corrected chi connectivity index (χ4v) is 1.35. The second-order valence-electron chi connectivity index (χ2n) is 4.94. The number of benzene rings is 1. The molecule has 0 bridgehead atoms. The zero-order chi connectivity index (χ0) is 16.5. The summed E-state index contributed by atoms with van der Waals surface area (Å²) >= 11 is 0. The molecule has 0 spiro atoms. The number of alkyl carbamates (subject to hydrolysis) is 1. The third kappa shape index (κ3) is 6.83. The molecule has 0 heterocycles. The zero-order valence-electron chi connectivity index (χ0n) is 12.4. The maximum Gasteiger partial charge on any atom is 0.407 e. The minimum absolute atomic E-state index is 0.186. The van der Waals surface area contributed by atoms with Gasteiger partial charge in [0.2, 0.25) is 0 Å². The number of hydrogen-bond donors (Lipinski definition) is 1. The normalized spacial score (nSPS) is 10.2. The molecule has 6 nitrogen and oxygen atoms in total. The van der Waals surface area contributed by atoms with Crippen molar-refractivity contribution >= 4 is 17.8 Å². The van der Waals surface area contributed by atoms with E-state index in [0.717, 1.165) is 12.1 Å². The number of amides is 1. The topological polar surface area (TPSA) is 81.7 Å². The van der Waals surface area contributed by atoms with Crippen molar-refractivity contribution in [3.8, 4) is 0 Å². The van der Waals surface area contributed by atoms with E-state index in [1.807, 2.05) is 13.8 Å². The fraction of sp³-hybridized carbons (Fsp3) is 0.400. The van der Waals surface area contributed by atoms with Gasteiger partial charge in [0.25, 0.3) is 0 Å². The molecule has 0 saturated heterocycles. The summed E-state index contributed by atoms with van der Waals surface area (Å²) in [5.41, 5.74) is 0.235. The number of carbonyl (C=O) groups excluding carboxylic acids is 3. The van der Waals surface area contributed by atoms with E-state index in [2.05, 4.69) is 5.32 Å². The summed E-state index contributed by atoms with van der Waals surface area (Å²) in [6, 6.07) is 4.88. The van der Waals surface area contributed by atoms with Gasteiger partial charge < -0.3 is 14.8 Å². The number of nitrogens with one attached hydrogen (secondary N) is 1. The molecular weight excluding hydrogens is 293 g/mol. The average molecular weight is 311 g/mol. The molecule has 1 aromatic carbocycles. The highest BCUT2D eigenvalue weighted by atomic mass is 19.1. The maximum absolute atomic E-state index is 12.7. The Bertz CT molecular complexity index is 527. The summed E-state index contributed by atoms with van der Waals surface area (Å²) in [4.78, 5) is 34.2. The Labute approximate surface area is 127 Å². The molecule has 0 fully saturated rings. The van der Waals surface area contributed by atoms with Crippen LogP contribution >= 0.6 is 0 Å². The zero-order valence-corrected chi connectivity index (χ0v) is 12.4. The molecule has 0 aromatic heterocycles. The van der Waals surface area contributed by atoms with E-state index < -0.39 is 36.8 Å². The van der Waals surface area contributed by atoms with Crippen LogP contribution in [0.3, 0.4) is 0 Å². The van der Waals surface area contributed by atoms with Crippen LogP contribution in [-0.4, -0.2) is 37.6 Å². The fourth-order valence-electron chi connectivity index (χ4n) is 1.35. The van der Waals surface area contributed by atoms with Gasteiger partial charge >= 0.3 is 12.1 Å². The quantitative estimate of drug-likeness (QED) is 0.614. The Hall–Kier alpha value is -2.44. The second kappa shape index (κ2) is 8.76. The average Bonchev–Trinajstić information content (AvgIpc) is 2.49. The van der Waals surface area contributed by atoms with Crippen LogP contribution in [0.15, 0.2) is 24.3 Å². The lowest BCUT2D eigenvalue weighted by atomic mass is 10.1. The van der Waals surface area contributed by atoms with Gasteiger partial charge in [-0.05, 0) is 30.2 Å². The van der Waals surface area contributed by atoms with Crippen molar-refractivity contribution < 1.29 is 28.2 Å². The number of Topliss-reactive ketones (excluding diaryl/α,β-unsaturated/α-hetero) is 1. The van der Waals surface area contributed by atoms with Crippen molar-refractivity contribution in [2.24, 2.45) is 5.92 Å². The Morgan fingerprint density at radius 1 is 1.14 bits per heavy atom. The van der Waals surface area contributed by atoms with Crippen molar-refractivity contribution in [3.63, 3.8) is 0 Å². The van der Waals surface area contributed by atoms with E-state index in [4.69, 9.17) is 9.47 Å². The highest BCUT2D eigenvalue weighted by Gasteiger charge is 2.12. The molecule has 1 rings (SSSR count). The number of esters is 1. The molecule has 0 unspecified atom stereocenters. The van der Waals surface area contributed by atoms with Crippen LogP contribution < -0.4 is 5.32 Å². The van der Waals surface area contributed by atoms with Crippen LogP contribution in [0.1, 0.15) is 24.2 Å². The molecule has 0 aliphatic heterocycles. The maximum atomic E-state index is 12.7. The van der Waals surface area contributed by atoms with Gasteiger partial charge in [-0.2, -0.15) is 0 Å². The van der Waals surface area contributed by atoms with Gasteiger partial charge in [-0.1, -0.05) is 13.8 Å². The minimum Gasteiger partial charge on any atom is -0.456 e. The first-order valence-corrected chi connectivity index (χ1v) is 6.73. The number of ether oxygens (including phenoxy) is 2. The Morgan fingerprint density at radius 2 is 1.77 bits per heavy atom. The van der Waals surface area contributed by atoms with Gasteiger partial charge in [0.15, 0.2) is 12.4 Å². The molecule has 0 aliphatic rings. The molecule has 7 heteroatoms. The van der Waals surface area contributed by atoms with Crippen LogP contribution in [0.4, 0.5) is 9.18 Å². The molecule has 1 N–H and O–H groups in total. The van der Waals surface area contributed by atoms with Crippen LogP contribution in [0.25, 0.3) is 0 Å². The monoisotopic (exact) mass is 311 g/mol. The van der Waals surface area contributed by atoms with Crippen molar-refractivity contribution in [1.82, 2.24) is 5.32 Å². The van der Waals surface area contributed by atoms with Crippen molar-refractivity contribution in [2.45, 2.75) is 13.8 Å². The molecule has 22 heavy (non-hydrogen) atoms. The first-order valence-electron chi connectivity index (χ1n) is 6.73. The SMILES string of the molecule is CC(C)COC(=O)NCC(=O)OCC(=O)c1ccc(F)cc1. The van der Waals surface area contributed by atoms with Crippen LogP contribution in [0.2, 0.25) is 0 Å². The second-order valence-corrected chi connectivity index (χ2v) is 4.94. The predicted molar refractivity (Wildman–Crippen MR) is 75.9 cm³/mol. The molecule has 0 saturated carbocycles. The third-order valence-corrected chi connectivity index (χ3v) is 2.46. The number of hydrogen-bond acceptors (Lipinski definition) is 5. The van der Waals surface area contributed by atoms with E-state index in [1.165, 1.54) is 12.1 Å². The van der Waals surface area contributed by atoms with Gasteiger partial charge in [0.05, 0.1) is 6.61 Å². The van der Waals surface area contributed by atoms with Crippen LogP contribution in [0.5, 0.6) is 0 Å². The smallest absolute Gasteiger partial charge is 0.407 e. The largest absolute Gasteiger partial charge is 0.456 e. The van der Waals surface area contributed by atoms with Crippen molar-refractivity contribution in [3.05, 3.63) is 35.6 Å². The summed E-state index contributed by atoms with van der Waals surface area (Å²) in [5.74, 6) is -1.50. The number of halogens is 1. The molecule has 0 aliphatic carbocycles. The van der Waals surface area contributed by atoms with E-state index in [0.29, 0.717) is 0 Å². The Balaban J connectivity index is 2.26. The Morgan fingerprint density at radius 3 is 2.36 bits per heavy atom. The number of rotatable bonds is 7. The van der Waals surface area contributed by atoms with Gasteiger partial charge in [-0.3, -0.25) is 9.59 Å². The van der Waals surface area contributed by atoms with E-state index in [9.17, 15) is 18.8 Å². The van der Waals surface area contributed by atoms with Crippen molar-refractivity contribution in [1.29, 1.82) is 0 Å². The first-order chi connectivity index (χ1) is 10.4. The lowest BCUT2D eigenvalue weighted by Crippen LogP contribution is -2.32. The van der Waals surface area contributed by atoms with E-state index in [-0.39, 0.29) is 18.1 Å². The highest BCUT2D eigenvalue weighted by Crippen LogP contribution is 2.04. The highest BCUT2D eigenvalue weighted by molar-refractivity contribution is 5.98. The summed E-state index contributed by atoms with van der Waals surface area (Å²) in [6.45, 7) is 3.12. The molecule has 0 radical (unpaired) electrons. The van der Waals surface area contributed by atoms with Crippen LogP contribution in [0, 0.1) is 11.7 Å². The van der Waals surface area contributed by atoms with Gasteiger partial charge in [0, 0.05) is 5.56 Å². The third-order valence-electron chi connectivity index (χ3n) is 2.46. The molecule has 120 valence electrons. The minimum atomic E-state index is -0.767. The van der Waals surface area contributed by atoms with E-state index in [1.54, 1.807) is 0 Å². The summed E-state index contributed by atoms with van der Waals surface area (Å²) in [7, 11) is 0. The number of carbonyl (C=O) groups is 3. The Kier molecular flexibility index (Phi) is 7.01. The summed E-state index contributed by atoms with van der Waals surface area (Å²) in [5, 5.41) is 2.21. The van der Waals surface area contributed by atoms with Crippen molar-refractivity contribution in [2.75, 3.05) is 19.8 Å². The summed E-state index contributed by atoms with van der Waals surface area (Å²) < 4.78 is 22.2. The van der Waals surface area contributed by atoms with Crippen LogP contribution in [-0.2, 0) is 14.3 Å². The van der Waals surface area contributed by atoms with E-state index >= 15 is 0 Å². The predicted octanol–water partition coefficient (Wildman–Crippen LogP) is 1.93. The number of ketones is 1. The molecular formula is C15H18FNO5. The standard InChI is InChI=1S/C15H18FNO5/c1-10(2)8-22-15(20)17-7-14(19)21-9-13(18)11-3-5-12(16)6-4-11/h3-6,10H,7-9H2,1-2H3,(H,17,20). The molecule has 1 aromatic rings. The lowest BCUT2D eigenvalue weighted by Gasteiger charge is -2.08. The summed E-state index contributed by atoms with van der Waals surface area (Å²) in [6.07, 6.45) is -0.726. The van der Waals surface area contributed by atoms with Gasteiger partial charge in [-0.25, -0.2) is 9.18 Å².